The SMILES string of the molecule is CCC1CCN(Cc2ccccc2C)CCCN1. The summed E-state index contributed by atoms with van der Waals surface area (Å²) >= 11 is 0. The predicted octanol–water partition coefficient (Wildman–Crippen LogP) is 2.96. The second-order valence-corrected chi connectivity index (χ2v) is 5.40. The number of hydrogen-bond acceptors (Lipinski definition) is 2. The van der Waals surface area contributed by atoms with E-state index in [-0.39, 0.29) is 0 Å². The number of benzene rings is 1. The predicted molar refractivity (Wildman–Crippen MR) is 77.8 cm³/mol. The van der Waals surface area contributed by atoms with E-state index >= 15 is 0 Å². The van der Waals surface area contributed by atoms with Crippen molar-refractivity contribution in [1.82, 2.24) is 10.2 Å². The van der Waals surface area contributed by atoms with Crippen LogP contribution in [0.5, 0.6) is 0 Å². The molecule has 1 heterocycles. The molecule has 100 valence electrons. The highest BCUT2D eigenvalue weighted by Gasteiger charge is 2.14. The van der Waals surface area contributed by atoms with Crippen LogP contribution in [0.1, 0.15) is 37.3 Å². The summed E-state index contributed by atoms with van der Waals surface area (Å²) in [6.07, 6.45) is 3.79. The van der Waals surface area contributed by atoms with Crippen molar-refractivity contribution in [3.63, 3.8) is 0 Å². The van der Waals surface area contributed by atoms with Gasteiger partial charge in [0, 0.05) is 12.6 Å². The summed E-state index contributed by atoms with van der Waals surface area (Å²) in [4.78, 5) is 2.62. The van der Waals surface area contributed by atoms with E-state index < -0.39 is 0 Å². The lowest BCUT2D eigenvalue weighted by molar-refractivity contribution is 0.224. The Kier molecular flexibility index (Phi) is 5.21. The first-order valence-corrected chi connectivity index (χ1v) is 7.30. The average molecular weight is 246 g/mol. The van der Waals surface area contributed by atoms with E-state index in [9.17, 15) is 0 Å². The summed E-state index contributed by atoms with van der Waals surface area (Å²) in [5.41, 5.74) is 2.91. The van der Waals surface area contributed by atoms with Crippen molar-refractivity contribution in [2.24, 2.45) is 0 Å². The molecule has 1 aliphatic rings. The Morgan fingerprint density at radius 3 is 2.89 bits per heavy atom. The first-order valence-electron chi connectivity index (χ1n) is 7.30. The topological polar surface area (TPSA) is 15.3 Å². The van der Waals surface area contributed by atoms with E-state index in [1.54, 1.807) is 0 Å². The molecule has 0 saturated carbocycles. The number of nitrogens with one attached hydrogen (secondary N) is 1. The molecule has 2 heteroatoms. The molecule has 0 bridgehead atoms. The van der Waals surface area contributed by atoms with Gasteiger partial charge >= 0.3 is 0 Å². The molecule has 1 aromatic rings. The fourth-order valence-corrected chi connectivity index (χ4v) is 2.70. The Morgan fingerprint density at radius 2 is 2.11 bits per heavy atom. The van der Waals surface area contributed by atoms with Crippen LogP contribution < -0.4 is 5.32 Å². The Bertz CT molecular complexity index is 362. The quantitative estimate of drug-likeness (QED) is 0.882. The zero-order valence-electron chi connectivity index (χ0n) is 11.8. The highest BCUT2D eigenvalue weighted by atomic mass is 15.1. The number of aryl methyl sites for hydroxylation is 1. The number of hydrogen-bond donors (Lipinski definition) is 1. The van der Waals surface area contributed by atoms with Gasteiger partial charge in [-0.05, 0) is 56.9 Å². The van der Waals surface area contributed by atoms with Crippen molar-refractivity contribution in [3.05, 3.63) is 35.4 Å². The molecule has 2 nitrogen and oxygen atoms in total. The van der Waals surface area contributed by atoms with Gasteiger partial charge in [-0.3, -0.25) is 4.90 Å². The van der Waals surface area contributed by atoms with Gasteiger partial charge in [-0.2, -0.15) is 0 Å². The van der Waals surface area contributed by atoms with Gasteiger partial charge in [-0.1, -0.05) is 31.2 Å². The minimum Gasteiger partial charge on any atom is -0.314 e. The average Bonchev–Trinajstić information content (AvgIpc) is 2.36. The molecule has 0 spiro atoms. The Morgan fingerprint density at radius 1 is 1.28 bits per heavy atom. The highest BCUT2D eigenvalue weighted by molar-refractivity contribution is 5.25. The van der Waals surface area contributed by atoms with Gasteiger partial charge in [0.1, 0.15) is 0 Å². The van der Waals surface area contributed by atoms with Crippen LogP contribution in [0, 0.1) is 6.92 Å². The standard InChI is InChI=1S/C16H26N2/c1-3-16-9-12-18(11-6-10-17-16)13-15-8-5-4-7-14(15)2/h4-5,7-8,16-17H,3,6,9-13H2,1-2H3. The Balaban J connectivity index is 1.93. The summed E-state index contributed by atoms with van der Waals surface area (Å²) < 4.78 is 0. The molecule has 1 aliphatic heterocycles. The van der Waals surface area contributed by atoms with E-state index in [1.807, 2.05) is 0 Å². The Hall–Kier alpha value is -0.860. The van der Waals surface area contributed by atoms with Gasteiger partial charge in [-0.15, -0.1) is 0 Å². The minimum atomic E-state index is 0.713. The summed E-state index contributed by atoms with van der Waals surface area (Å²) in [5.74, 6) is 0. The fourth-order valence-electron chi connectivity index (χ4n) is 2.70. The van der Waals surface area contributed by atoms with Gasteiger partial charge in [0.25, 0.3) is 0 Å². The van der Waals surface area contributed by atoms with Crippen LogP contribution in [0.15, 0.2) is 24.3 Å². The summed E-state index contributed by atoms with van der Waals surface area (Å²) in [6.45, 7) is 9.23. The molecule has 2 rings (SSSR count). The molecule has 1 fully saturated rings. The molecule has 1 atom stereocenters. The van der Waals surface area contributed by atoms with Crippen LogP contribution in [0.3, 0.4) is 0 Å². The molecule has 0 aromatic heterocycles. The minimum absolute atomic E-state index is 0.713. The molecule has 1 aromatic carbocycles. The molecular weight excluding hydrogens is 220 g/mol. The molecule has 0 radical (unpaired) electrons. The highest BCUT2D eigenvalue weighted by Crippen LogP contribution is 2.13. The van der Waals surface area contributed by atoms with Crippen LogP contribution in [0.2, 0.25) is 0 Å². The third-order valence-corrected chi connectivity index (χ3v) is 4.03. The van der Waals surface area contributed by atoms with E-state index in [0.717, 1.165) is 6.54 Å². The van der Waals surface area contributed by atoms with E-state index in [0.29, 0.717) is 6.04 Å². The normalized spacial score (nSPS) is 22.4. The lowest BCUT2D eigenvalue weighted by atomic mass is 10.1. The lowest BCUT2D eigenvalue weighted by Crippen LogP contribution is -2.39. The maximum Gasteiger partial charge on any atom is 0.0236 e. The smallest absolute Gasteiger partial charge is 0.0236 e. The zero-order valence-corrected chi connectivity index (χ0v) is 11.8. The monoisotopic (exact) mass is 246 g/mol. The number of nitrogens with zero attached hydrogens (tertiary/aromatic N) is 1. The van der Waals surface area contributed by atoms with Crippen LogP contribution >= 0.6 is 0 Å². The van der Waals surface area contributed by atoms with Crippen molar-refractivity contribution in [1.29, 1.82) is 0 Å². The molecule has 0 aliphatic carbocycles. The van der Waals surface area contributed by atoms with Crippen molar-refractivity contribution in [2.45, 2.75) is 45.7 Å². The largest absolute Gasteiger partial charge is 0.314 e. The molecule has 18 heavy (non-hydrogen) atoms. The van der Waals surface area contributed by atoms with Crippen molar-refractivity contribution < 1.29 is 0 Å². The fraction of sp³-hybridized carbons (Fsp3) is 0.625. The molecular formula is C16H26N2. The summed E-state index contributed by atoms with van der Waals surface area (Å²) in [7, 11) is 0. The van der Waals surface area contributed by atoms with Crippen LogP contribution in [-0.4, -0.2) is 30.6 Å². The molecule has 1 N–H and O–H groups in total. The van der Waals surface area contributed by atoms with E-state index in [2.05, 4.69) is 48.3 Å². The molecule has 1 saturated heterocycles. The van der Waals surface area contributed by atoms with Crippen LogP contribution in [-0.2, 0) is 6.54 Å². The van der Waals surface area contributed by atoms with Gasteiger partial charge in [0.15, 0.2) is 0 Å². The lowest BCUT2D eigenvalue weighted by Gasteiger charge is -2.29. The van der Waals surface area contributed by atoms with Gasteiger partial charge in [0.2, 0.25) is 0 Å². The second kappa shape index (κ2) is 6.91. The first kappa shape index (κ1) is 13.6. The first-order chi connectivity index (χ1) is 8.79. The maximum absolute atomic E-state index is 3.64. The van der Waals surface area contributed by atoms with Crippen LogP contribution in [0.4, 0.5) is 0 Å². The van der Waals surface area contributed by atoms with Gasteiger partial charge in [0.05, 0.1) is 0 Å². The van der Waals surface area contributed by atoms with E-state index in [4.69, 9.17) is 0 Å². The van der Waals surface area contributed by atoms with E-state index in [1.165, 1.54) is 50.0 Å². The summed E-state index contributed by atoms with van der Waals surface area (Å²) in [5, 5.41) is 3.64. The van der Waals surface area contributed by atoms with Crippen molar-refractivity contribution in [2.75, 3.05) is 19.6 Å². The summed E-state index contributed by atoms with van der Waals surface area (Å²) in [6, 6.07) is 9.48. The maximum atomic E-state index is 3.64. The number of rotatable bonds is 3. The third-order valence-electron chi connectivity index (χ3n) is 4.03. The van der Waals surface area contributed by atoms with Gasteiger partial charge in [-0.25, -0.2) is 0 Å². The van der Waals surface area contributed by atoms with Crippen molar-refractivity contribution in [3.8, 4) is 0 Å². The van der Waals surface area contributed by atoms with Crippen molar-refractivity contribution >= 4 is 0 Å². The van der Waals surface area contributed by atoms with Gasteiger partial charge < -0.3 is 5.32 Å². The van der Waals surface area contributed by atoms with Crippen LogP contribution in [0.25, 0.3) is 0 Å². The molecule has 0 amide bonds. The zero-order chi connectivity index (χ0) is 12.8. The molecule has 1 unspecified atom stereocenters. The Labute approximate surface area is 111 Å². The second-order valence-electron chi connectivity index (χ2n) is 5.40. The third kappa shape index (κ3) is 3.82.